The maximum absolute atomic E-state index is 12.1. The monoisotopic (exact) mass is 1110 g/mol. The molecule has 0 aliphatic carbocycles. The summed E-state index contributed by atoms with van der Waals surface area (Å²) in [6.07, 6.45) is 11.0. The van der Waals surface area contributed by atoms with E-state index in [1.54, 1.807) is 6.20 Å². The number of aliphatic hydroxyl groups is 1. The molecule has 3 aromatic heterocycles. The zero-order chi connectivity index (χ0) is 48.5. The van der Waals surface area contributed by atoms with Crippen LogP contribution in [-0.2, 0) is 37.7 Å². The molecule has 0 saturated carbocycles. The van der Waals surface area contributed by atoms with Crippen molar-refractivity contribution in [1.29, 1.82) is 0 Å². The van der Waals surface area contributed by atoms with E-state index in [9.17, 15) is 9.90 Å². The Morgan fingerprint density at radius 2 is 1.20 bits per heavy atom. The van der Waals surface area contributed by atoms with Gasteiger partial charge in [0.2, 0.25) is 0 Å². The number of hydrogen-bond acceptors (Lipinski definition) is 3. The first-order valence-electron chi connectivity index (χ1n) is 24.5. The maximum atomic E-state index is 12.1. The Bertz CT molecular complexity index is 3170. The molecule has 6 heteroatoms. The van der Waals surface area contributed by atoms with Crippen LogP contribution in [0.4, 0.5) is 0 Å². The van der Waals surface area contributed by atoms with Crippen LogP contribution in [0, 0.1) is 6.07 Å². The molecule has 0 radical (unpaired) electrons. The van der Waals surface area contributed by atoms with Crippen molar-refractivity contribution in [3.8, 4) is 22.6 Å². The molecule has 10 rings (SSSR count). The molecule has 0 spiro atoms. The van der Waals surface area contributed by atoms with Gasteiger partial charge >= 0.3 is 0 Å². The summed E-state index contributed by atoms with van der Waals surface area (Å²) in [5, 5.41) is 11.9. The number of aromatic nitrogens is 3. The van der Waals surface area contributed by atoms with Crippen LogP contribution >= 0.6 is 0 Å². The number of aryl methyl sites for hydroxylation is 1. The molecule has 10 aromatic rings. The minimum Gasteiger partial charge on any atom is -0.512 e. The van der Waals surface area contributed by atoms with Gasteiger partial charge in [-0.1, -0.05) is 147 Å². The number of carbonyl (C=O) groups is 1. The van der Waals surface area contributed by atoms with Crippen LogP contribution in [-0.4, -0.2) is 25.0 Å². The third kappa shape index (κ3) is 11.2. The van der Waals surface area contributed by atoms with E-state index in [4.69, 9.17) is 0 Å². The number of carbonyl (C=O) groups excluding carboxylic acids is 1. The Morgan fingerprint density at radius 3 is 1.72 bits per heavy atom. The summed E-state index contributed by atoms with van der Waals surface area (Å²) in [6, 6.07) is 74.0. The average Bonchev–Trinajstić information content (AvgIpc) is 4.01. The van der Waals surface area contributed by atoms with Gasteiger partial charge in [0.25, 0.3) is 0 Å². The van der Waals surface area contributed by atoms with Crippen molar-refractivity contribution in [2.75, 3.05) is 0 Å². The molecule has 3 heterocycles. The third-order valence-corrected chi connectivity index (χ3v) is 13.9. The molecule has 0 saturated heterocycles. The van der Waals surface area contributed by atoms with Gasteiger partial charge < -0.3 is 19.2 Å². The van der Waals surface area contributed by atoms with Crippen molar-refractivity contribution in [3.05, 3.63) is 270 Å². The number of hydrogen-bond donors (Lipinski definition) is 1. The molecule has 0 fully saturated rings. The number of pyridine rings is 1. The van der Waals surface area contributed by atoms with E-state index >= 15 is 0 Å². The van der Waals surface area contributed by atoms with Gasteiger partial charge in [0.05, 0.1) is 16.8 Å². The van der Waals surface area contributed by atoms with E-state index in [1.165, 1.54) is 62.6 Å². The van der Waals surface area contributed by atoms with Gasteiger partial charge in [0.1, 0.15) is 0 Å². The maximum Gasteiger partial charge on any atom is 0.159 e. The second-order valence-electron chi connectivity index (χ2n) is 18.5. The number of aliphatic hydroxyl groups excluding tert-OH is 1. The Labute approximate surface area is 433 Å². The number of nitrogens with zero attached hydrogens (tertiary/aromatic N) is 3. The summed E-state index contributed by atoms with van der Waals surface area (Å²) in [5.74, 6) is 0.789. The molecule has 358 valence electrons. The summed E-state index contributed by atoms with van der Waals surface area (Å²) >= 11 is 0. The van der Waals surface area contributed by atoms with Crippen molar-refractivity contribution in [3.63, 3.8) is 0 Å². The number of allylic oxidation sites excluding steroid dienone is 2. The van der Waals surface area contributed by atoms with Gasteiger partial charge in [-0.25, -0.2) is 0 Å². The number of ketones is 1. The minimum absolute atomic E-state index is 0. The van der Waals surface area contributed by atoms with Crippen molar-refractivity contribution in [1.82, 2.24) is 14.1 Å². The standard InChI is InChI=1S/C54H52N2O2.C11H8N.Pt/c1-5-41(43-27-24-40(25-28-43)26-33-47(58)35-39(3)57)34-38(2)42-29-31-44(32-30-42)54(4,50-36-55(45-16-8-6-9-17-45)52-22-14-12-20-48(50)52)51-37-56(46-18-10-7-11-19-46)53-23-15-13-21-49(51)53;1-2-6-10(7-3-1)11-8-4-5-9-12-11;/h6-25,27-32,35-38,41,57H,5,26,33-34H2,1-4H3;1-6,8-9H;/q;-1;/b39-35-;;. The summed E-state index contributed by atoms with van der Waals surface area (Å²) in [6.45, 7) is 8.58. The van der Waals surface area contributed by atoms with E-state index in [1.807, 2.05) is 42.5 Å². The number of benzene rings is 7. The normalized spacial score (nSPS) is 12.4. The van der Waals surface area contributed by atoms with Crippen LogP contribution in [0.5, 0.6) is 0 Å². The van der Waals surface area contributed by atoms with Crippen LogP contribution in [0.25, 0.3) is 44.4 Å². The number of fused-ring (bicyclic) bond motifs is 2. The van der Waals surface area contributed by atoms with E-state index < -0.39 is 5.41 Å². The fourth-order valence-electron chi connectivity index (χ4n) is 10.1. The minimum atomic E-state index is -0.507. The number of rotatable bonds is 15. The second-order valence-corrected chi connectivity index (χ2v) is 18.5. The molecular weight excluding hydrogens is 1050 g/mol. The second kappa shape index (κ2) is 23.1. The molecule has 1 N–H and O–H groups in total. The van der Waals surface area contributed by atoms with Crippen LogP contribution < -0.4 is 0 Å². The van der Waals surface area contributed by atoms with Gasteiger partial charge in [-0.15, -0.1) is 35.9 Å². The summed E-state index contributed by atoms with van der Waals surface area (Å²) in [4.78, 5) is 16.3. The van der Waals surface area contributed by atoms with Crippen molar-refractivity contribution >= 4 is 27.6 Å². The Balaban J connectivity index is 0.000000452. The van der Waals surface area contributed by atoms with Crippen LogP contribution in [0.3, 0.4) is 0 Å². The molecule has 0 aliphatic rings. The first-order chi connectivity index (χ1) is 34.2. The quantitative estimate of drug-likeness (QED) is 0.0632. The molecular formula is C65H60N3O2Pt-. The first kappa shape index (κ1) is 50.1. The SMILES string of the molecule is CCC(CC(C)c1ccc(C(C)(c2cn(-c3ccccc3)c3ccccc23)c2cn(-c3ccccc3)c3ccccc23)cc1)c1ccc(CCC(=O)/C=C(/C)O)cc1.[Pt].[c-]1ccccc1-c1ccccn1. The predicted octanol–water partition coefficient (Wildman–Crippen LogP) is 16.1. The fraction of sp³-hybridized carbons (Fsp3) is 0.169. The summed E-state index contributed by atoms with van der Waals surface area (Å²) in [7, 11) is 0. The van der Waals surface area contributed by atoms with Gasteiger partial charge in [-0.05, 0) is 126 Å². The Kier molecular flexibility index (Phi) is 16.3. The van der Waals surface area contributed by atoms with E-state index in [0.717, 1.165) is 41.0 Å². The third-order valence-electron chi connectivity index (χ3n) is 13.9. The Morgan fingerprint density at radius 1 is 0.662 bits per heavy atom. The smallest absolute Gasteiger partial charge is 0.159 e. The zero-order valence-corrected chi connectivity index (χ0v) is 43.1. The zero-order valence-electron chi connectivity index (χ0n) is 40.9. The molecule has 0 amide bonds. The van der Waals surface area contributed by atoms with Gasteiger partial charge in [0, 0.05) is 79.7 Å². The fourth-order valence-corrected chi connectivity index (χ4v) is 10.1. The van der Waals surface area contributed by atoms with Crippen molar-refractivity contribution < 1.29 is 31.0 Å². The molecule has 0 bridgehead atoms. The first-order valence-corrected chi connectivity index (χ1v) is 24.5. The molecule has 5 nitrogen and oxygen atoms in total. The van der Waals surface area contributed by atoms with Crippen LogP contribution in [0.2, 0.25) is 0 Å². The molecule has 71 heavy (non-hydrogen) atoms. The molecule has 0 aliphatic heterocycles. The van der Waals surface area contributed by atoms with E-state index in [2.05, 4.69) is 211 Å². The largest absolute Gasteiger partial charge is 0.512 e. The average molecular weight is 1110 g/mol. The summed E-state index contributed by atoms with van der Waals surface area (Å²) < 4.78 is 4.70. The van der Waals surface area contributed by atoms with E-state index in [-0.39, 0.29) is 32.6 Å². The molecule has 2 atom stereocenters. The predicted molar refractivity (Wildman–Crippen MR) is 289 cm³/mol. The van der Waals surface area contributed by atoms with Gasteiger partial charge in [0.15, 0.2) is 5.78 Å². The van der Waals surface area contributed by atoms with Crippen LogP contribution in [0.15, 0.2) is 231 Å². The van der Waals surface area contributed by atoms with Crippen molar-refractivity contribution in [2.45, 2.75) is 70.6 Å². The van der Waals surface area contributed by atoms with Crippen LogP contribution in [0.1, 0.15) is 92.2 Å². The van der Waals surface area contributed by atoms with Gasteiger partial charge in [-0.3, -0.25) is 4.79 Å². The molecule has 2 unspecified atom stereocenters. The van der Waals surface area contributed by atoms with Gasteiger partial charge in [-0.2, -0.15) is 0 Å². The summed E-state index contributed by atoms with van der Waals surface area (Å²) in [5.41, 5.74) is 13.8. The van der Waals surface area contributed by atoms with Crippen molar-refractivity contribution in [2.24, 2.45) is 0 Å². The Hall–Kier alpha value is -7.33. The molecule has 7 aromatic carbocycles. The topological polar surface area (TPSA) is 60.0 Å². The van der Waals surface area contributed by atoms with E-state index in [0.29, 0.717) is 24.7 Å². The number of para-hydroxylation sites is 4.